The van der Waals surface area contributed by atoms with E-state index in [1.165, 1.54) is 0 Å². The van der Waals surface area contributed by atoms with Crippen LogP contribution in [0, 0.1) is 0 Å². The Balaban J connectivity index is 0.00000242. The smallest absolute Gasteiger partial charge is 0.191 e. The Bertz CT molecular complexity index is 522. The van der Waals surface area contributed by atoms with Gasteiger partial charge in [0.25, 0.3) is 0 Å². The van der Waals surface area contributed by atoms with E-state index in [9.17, 15) is 0 Å². The molecule has 1 aromatic rings. The van der Waals surface area contributed by atoms with Crippen molar-refractivity contribution in [2.24, 2.45) is 4.99 Å². The predicted molar refractivity (Wildman–Crippen MR) is 106 cm³/mol. The van der Waals surface area contributed by atoms with Crippen molar-refractivity contribution in [2.45, 2.75) is 31.9 Å². The van der Waals surface area contributed by atoms with Gasteiger partial charge in [0, 0.05) is 36.2 Å². The van der Waals surface area contributed by atoms with Gasteiger partial charge in [-0.2, -0.15) is 0 Å². The van der Waals surface area contributed by atoms with E-state index >= 15 is 0 Å². The maximum atomic E-state index is 6.21. The SMILES string of the molecule is CN=C(NCc1ccc(Br)cc1Cl)NCC1(C)CCCO1.I. The average Bonchev–Trinajstić information content (AvgIpc) is 2.88. The topological polar surface area (TPSA) is 45.7 Å². The van der Waals surface area contributed by atoms with Crippen molar-refractivity contribution >= 4 is 57.5 Å². The van der Waals surface area contributed by atoms with Crippen LogP contribution < -0.4 is 10.6 Å². The molecule has 0 radical (unpaired) electrons. The van der Waals surface area contributed by atoms with Crippen LogP contribution in [0.25, 0.3) is 0 Å². The molecule has 1 aromatic carbocycles. The maximum Gasteiger partial charge on any atom is 0.191 e. The van der Waals surface area contributed by atoms with Crippen LogP contribution in [0.3, 0.4) is 0 Å². The van der Waals surface area contributed by atoms with Crippen molar-refractivity contribution < 1.29 is 4.74 Å². The molecule has 0 amide bonds. The number of hydrogen-bond donors (Lipinski definition) is 2. The molecular weight excluding hydrogens is 480 g/mol. The largest absolute Gasteiger partial charge is 0.373 e. The fraction of sp³-hybridized carbons (Fsp3) is 0.533. The molecule has 1 saturated heterocycles. The monoisotopic (exact) mass is 501 g/mol. The Morgan fingerprint density at radius 3 is 2.82 bits per heavy atom. The number of aliphatic imine (C=N–C) groups is 1. The van der Waals surface area contributed by atoms with E-state index in [1.54, 1.807) is 7.05 Å². The molecule has 4 nitrogen and oxygen atoms in total. The van der Waals surface area contributed by atoms with E-state index in [-0.39, 0.29) is 29.6 Å². The quantitative estimate of drug-likeness (QED) is 0.372. The number of nitrogens with zero attached hydrogens (tertiary/aromatic N) is 1. The van der Waals surface area contributed by atoms with Gasteiger partial charge in [-0.1, -0.05) is 33.6 Å². The van der Waals surface area contributed by atoms with Gasteiger partial charge in [-0.25, -0.2) is 0 Å². The second-order valence-corrected chi connectivity index (χ2v) is 6.74. The van der Waals surface area contributed by atoms with Crippen LogP contribution >= 0.6 is 51.5 Å². The van der Waals surface area contributed by atoms with E-state index in [4.69, 9.17) is 16.3 Å². The fourth-order valence-electron chi connectivity index (χ4n) is 2.31. The van der Waals surface area contributed by atoms with Crippen molar-refractivity contribution in [1.82, 2.24) is 10.6 Å². The molecule has 2 rings (SSSR count). The summed E-state index contributed by atoms with van der Waals surface area (Å²) in [4.78, 5) is 4.23. The summed E-state index contributed by atoms with van der Waals surface area (Å²) in [5, 5.41) is 7.32. The molecule has 1 aliphatic heterocycles. The highest BCUT2D eigenvalue weighted by molar-refractivity contribution is 14.0. The molecule has 0 bridgehead atoms. The number of benzene rings is 1. The van der Waals surface area contributed by atoms with Crippen LogP contribution in [-0.4, -0.2) is 31.8 Å². The van der Waals surface area contributed by atoms with Crippen molar-refractivity contribution in [1.29, 1.82) is 0 Å². The van der Waals surface area contributed by atoms with Gasteiger partial charge in [0.1, 0.15) is 0 Å². The Morgan fingerprint density at radius 2 is 2.23 bits per heavy atom. The molecule has 0 aliphatic carbocycles. The minimum absolute atomic E-state index is 0. The first-order valence-corrected chi connectivity index (χ1v) is 8.22. The first-order chi connectivity index (χ1) is 10.0. The second kappa shape index (κ2) is 9.30. The first-order valence-electron chi connectivity index (χ1n) is 7.05. The van der Waals surface area contributed by atoms with Gasteiger partial charge >= 0.3 is 0 Å². The predicted octanol–water partition coefficient (Wildman–Crippen LogP) is 3.95. The molecule has 0 saturated carbocycles. The molecule has 1 aliphatic rings. The van der Waals surface area contributed by atoms with E-state index < -0.39 is 0 Å². The number of halogens is 3. The number of guanidine groups is 1. The van der Waals surface area contributed by atoms with Crippen molar-refractivity contribution in [2.75, 3.05) is 20.2 Å². The van der Waals surface area contributed by atoms with Crippen LogP contribution in [0.5, 0.6) is 0 Å². The summed E-state index contributed by atoms with van der Waals surface area (Å²) >= 11 is 9.61. The lowest BCUT2D eigenvalue weighted by molar-refractivity contribution is 0.0243. The van der Waals surface area contributed by atoms with E-state index in [0.29, 0.717) is 6.54 Å². The normalized spacial score (nSPS) is 21.4. The Kier molecular flexibility index (Phi) is 8.45. The number of hydrogen-bond acceptors (Lipinski definition) is 2. The van der Waals surface area contributed by atoms with Gasteiger partial charge in [-0.3, -0.25) is 4.99 Å². The Labute approximate surface area is 162 Å². The van der Waals surface area contributed by atoms with E-state index in [2.05, 4.69) is 38.5 Å². The molecule has 0 aromatic heterocycles. The average molecular weight is 503 g/mol. The highest BCUT2D eigenvalue weighted by Gasteiger charge is 2.29. The van der Waals surface area contributed by atoms with Gasteiger partial charge in [0.15, 0.2) is 5.96 Å². The van der Waals surface area contributed by atoms with Gasteiger partial charge in [-0.15, -0.1) is 24.0 Å². The summed E-state index contributed by atoms with van der Waals surface area (Å²) in [6, 6.07) is 5.86. The van der Waals surface area contributed by atoms with Crippen LogP contribution in [0.2, 0.25) is 5.02 Å². The molecule has 1 heterocycles. The number of rotatable bonds is 4. The third kappa shape index (κ3) is 5.86. The number of nitrogens with one attached hydrogen (secondary N) is 2. The standard InChI is InChI=1S/C15H21BrClN3O.HI/c1-15(6-3-7-21-15)10-20-14(18-2)19-9-11-4-5-12(16)8-13(11)17;/h4-5,8H,3,6-7,9-10H2,1-2H3,(H2,18,19,20);1H. The summed E-state index contributed by atoms with van der Waals surface area (Å²) in [7, 11) is 1.76. The van der Waals surface area contributed by atoms with Gasteiger partial charge < -0.3 is 15.4 Å². The molecule has 124 valence electrons. The Morgan fingerprint density at radius 1 is 1.45 bits per heavy atom. The Hall–Kier alpha value is -0.0500. The zero-order valence-corrected chi connectivity index (χ0v) is 17.5. The van der Waals surface area contributed by atoms with Crippen LogP contribution in [0.15, 0.2) is 27.7 Å². The highest BCUT2D eigenvalue weighted by atomic mass is 127. The summed E-state index contributed by atoms with van der Waals surface area (Å²) in [6.45, 7) is 4.36. The van der Waals surface area contributed by atoms with Gasteiger partial charge in [-0.05, 0) is 37.5 Å². The molecule has 22 heavy (non-hydrogen) atoms. The van der Waals surface area contributed by atoms with E-state index in [0.717, 1.165) is 47.0 Å². The van der Waals surface area contributed by atoms with Crippen LogP contribution in [-0.2, 0) is 11.3 Å². The minimum Gasteiger partial charge on any atom is -0.373 e. The van der Waals surface area contributed by atoms with Gasteiger partial charge in [0.2, 0.25) is 0 Å². The molecule has 1 atom stereocenters. The van der Waals surface area contributed by atoms with Gasteiger partial charge in [0.05, 0.1) is 5.60 Å². The molecule has 0 spiro atoms. The summed E-state index contributed by atoms with van der Waals surface area (Å²) in [5.41, 5.74) is 0.943. The summed E-state index contributed by atoms with van der Waals surface area (Å²) in [6.07, 6.45) is 2.20. The molecule has 2 N–H and O–H groups in total. The molecule has 1 fully saturated rings. The van der Waals surface area contributed by atoms with Crippen LogP contribution in [0.4, 0.5) is 0 Å². The molecule has 7 heteroatoms. The summed E-state index contributed by atoms with van der Waals surface area (Å²) < 4.78 is 6.74. The lowest BCUT2D eigenvalue weighted by Gasteiger charge is -2.24. The maximum absolute atomic E-state index is 6.21. The third-order valence-corrected chi connectivity index (χ3v) is 4.46. The van der Waals surface area contributed by atoms with E-state index in [1.807, 2.05) is 18.2 Å². The lowest BCUT2D eigenvalue weighted by Crippen LogP contribution is -2.45. The minimum atomic E-state index is -0.0904. The zero-order chi connectivity index (χ0) is 15.3. The first kappa shape index (κ1) is 20.0. The lowest BCUT2D eigenvalue weighted by atomic mass is 10.0. The van der Waals surface area contributed by atoms with Crippen LogP contribution in [0.1, 0.15) is 25.3 Å². The van der Waals surface area contributed by atoms with Crippen molar-refractivity contribution in [3.8, 4) is 0 Å². The zero-order valence-electron chi connectivity index (χ0n) is 12.8. The number of ether oxygens (including phenoxy) is 1. The van der Waals surface area contributed by atoms with Crippen molar-refractivity contribution in [3.63, 3.8) is 0 Å². The second-order valence-electron chi connectivity index (χ2n) is 5.42. The molecule has 1 unspecified atom stereocenters. The fourth-order valence-corrected chi connectivity index (χ4v) is 3.05. The van der Waals surface area contributed by atoms with Crippen molar-refractivity contribution in [3.05, 3.63) is 33.3 Å². The molecular formula is C15H22BrClIN3O. The summed E-state index contributed by atoms with van der Waals surface area (Å²) in [5.74, 6) is 0.755. The third-order valence-electron chi connectivity index (χ3n) is 3.62. The highest BCUT2D eigenvalue weighted by Crippen LogP contribution is 2.24.